The Morgan fingerprint density at radius 2 is 1.96 bits per heavy atom. The van der Waals surface area contributed by atoms with Gasteiger partial charge in [-0.25, -0.2) is 9.18 Å². The quantitative estimate of drug-likeness (QED) is 0.726. The van der Waals surface area contributed by atoms with Crippen LogP contribution in [0.1, 0.15) is 40.0 Å². The number of amides is 1. The third-order valence-electron chi connectivity index (χ3n) is 4.85. The Balaban J connectivity index is 1.75. The molecule has 1 aliphatic rings. The summed E-state index contributed by atoms with van der Waals surface area (Å²) in [6.45, 7) is 8.89. The SMILES string of the molecule is COc1ccc(F)cc1OCCCN1CCC(N(C(=O)O)C(C)(C)C)CC1. The number of benzene rings is 1. The van der Waals surface area contributed by atoms with Crippen molar-refractivity contribution in [2.75, 3.05) is 33.4 Å². The van der Waals surface area contributed by atoms with E-state index in [0.717, 1.165) is 38.9 Å². The van der Waals surface area contributed by atoms with Gasteiger partial charge in [0.25, 0.3) is 0 Å². The third-order valence-corrected chi connectivity index (χ3v) is 4.85. The standard InChI is InChI=1S/C20H31FN2O4/c1-20(2,3)23(19(24)25)16-8-11-22(12-9-16)10-5-13-27-18-14-15(21)6-7-17(18)26-4/h6-7,14,16H,5,8-13H2,1-4H3,(H,24,25). The van der Waals surface area contributed by atoms with Crippen LogP contribution in [0, 0.1) is 5.82 Å². The second-order valence-electron chi connectivity index (χ2n) is 7.89. The number of piperidine rings is 1. The predicted octanol–water partition coefficient (Wildman–Crippen LogP) is 3.85. The van der Waals surface area contributed by atoms with E-state index in [4.69, 9.17) is 9.47 Å². The van der Waals surface area contributed by atoms with Gasteiger partial charge in [-0.15, -0.1) is 0 Å². The summed E-state index contributed by atoms with van der Waals surface area (Å²) in [5, 5.41) is 9.53. The highest BCUT2D eigenvalue weighted by Crippen LogP contribution is 2.28. The van der Waals surface area contributed by atoms with Gasteiger partial charge in [0.2, 0.25) is 0 Å². The molecule has 0 aliphatic carbocycles. The zero-order valence-electron chi connectivity index (χ0n) is 16.7. The van der Waals surface area contributed by atoms with Crippen LogP contribution in [0.15, 0.2) is 18.2 Å². The summed E-state index contributed by atoms with van der Waals surface area (Å²) in [6.07, 6.45) is 1.63. The molecular formula is C20H31FN2O4. The van der Waals surface area contributed by atoms with E-state index in [1.807, 2.05) is 20.8 Å². The average Bonchev–Trinajstić information content (AvgIpc) is 2.58. The van der Waals surface area contributed by atoms with Crippen molar-refractivity contribution < 1.29 is 23.8 Å². The molecule has 0 unspecified atom stereocenters. The maximum Gasteiger partial charge on any atom is 0.407 e. The van der Waals surface area contributed by atoms with Gasteiger partial charge in [-0.05, 0) is 52.2 Å². The number of carboxylic acid groups (broad SMARTS) is 1. The number of methoxy groups -OCH3 is 1. The van der Waals surface area contributed by atoms with E-state index in [2.05, 4.69) is 4.90 Å². The molecule has 1 aromatic carbocycles. The van der Waals surface area contributed by atoms with Crippen molar-refractivity contribution in [3.05, 3.63) is 24.0 Å². The largest absolute Gasteiger partial charge is 0.493 e. The molecule has 1 saturated heterocycles. The van der Waals surface area contributed by atoms with E-state index in [-0.39, 0.29) is 11.9 Å². The van der Waals surface area contributed by atoms with Crippen LogP contribution < -0.4 is 9.47 Å². The van der Waals surface area contributed by atoms with Crippen LogP contribution in [-0.2, 0) is 0 Å². The number of halogens is 1. The molecule has 0 radical (unpaired) electrons. The van der Waals surface area contributed by atoms with Crippen LogP contribution in [0.25, 0.3) is 0 Å². The maximum atomic E-state index is 13.3. The van der Waals surface area contributed by atoms with Crippen molar-refractivity contribution in [3.63, 3.8) is 0 Å². The molecule has 0 bridgehead atoms. The molecule has 1 amide bonds. The first-order valence-corrected chi connectivity index (χ1v) is 9.43. The summed E-state index contributed by atoms with van der Waals surface area (Å²) in [6, 6.07) is 4.29. The Morgan fingerprint density at radius 1 is 1.30 bits per heavy atom. The zero-order chi connectivity index (χ0) is 20.0. The van der Waals surface area contributed by atoms with E-state index in [1.54, 1.807) is 11.0 Å². The molecule has 1 aromatic rings. The number of hydrogen-bond donors (Lipinski definition) is 1. The first-order valence-electron chi connectivity index (χ1n) is 9.43. The molecule has 27 heavy (non-hydrogen) atoms. The molecule has 1 fully saturated rings. The van der Waals surface area contributed by atoms with Crippen LogP contribution in [0.2, 0.25) is 0 Å². The Morgan fingerprint density at radius 3 is 2.52 bits per heavy atom. The van der Waals surface area contributed by atoms with Crippen molar-refractivity contribution >= 4 is 6.09 Å². The number of nitrogens with zero attached hydrogens (tertiary/aromatic N) is 2. The average molecular weight is 382 g/mol. The normalized spacial score (nSPS) is 16.2. The lowest BCUT2D eigenvalue weighted by Crippen LogP contribution is -2.54. The van der Waals surface area contributed by atoms with Crippen molar-refractivity contribution in [2.24, 2.45) is 0 Å². The van der Waals surface area contributed by atoms with Gasteiger partial charge in [-0.3, -0.25) is 0 Å². The van der Waals surface area contributed by atoms with Gasteiger partial charge in [-0.1, -0.05) is 0 Å². The molecule has 7 heteroatoms. The second kappa shape index (κ2) is 9.26. The van der Waals surface area contributed by atoms with Gasteiger partial charge < -0.3 is 24.4 Å². The monoisotopic (exact) mass is 382 g/mol. The van der Waals surface area contributed by atoms with Gasteiger partial charge in [-0.2, -0.15) is 0 Å². The van der Waals surface area contributed by atoms with E-state index >= 15 is 0 Å². The summed E-state index contributed by atoms with van der Waals surface area (Å²) in [5.41, 5.74) is -0.392. The summed E-state index contributed by atoms with van der Waals surface area (Å²) in [4.78, 5) is 15.5. The Kier molecular flexibility index (Phi) is 7.30. The Labute approximate surface area is 160 Å². The van der Waals surface area contributed by atoms with Gasteiger partial charge in [0.1, 0.15) is 5.82 Å². The van der Waals surface area contributed by atoms with Crippen LogP contribution in [-0.4, -0.2) is 65.9 Å². The molecule has 0 spiro atoms. The number of carbonyl (C=O) groups is 1. The molecule has 0 saturated carbocycles. The number of hydrogen-bond acceptors (Lipinski definition) is 4. The zero-order valence-corrected chi connectivity index (χ0v) is 16.7. The fourth-order valence-electron chi connectivity index (χ4n) is 3.63. The smallest absolute Gasteiger partial charge is 0.407 e. The minimum absolute atomic E-state index is 0.0616. The van der Waals surface area contributed by atoms with Crippen molar-refractivity contribution in [3.8, 4) is 11.5 Å². The minimum Gasteiger partial charge on any atom is -0.493 e. The van der Waals surface area contributed by atoms with Gasteiger partial charge in [0, 0.05) is 37.3 Å². The molecule has 6 nitrogen and oxygen atoms in total. The predicted molar refractivity (Wildman–Crippen MR) is 102 cm³/mol. The number of ether oxygens (including phenoxy) is 2. The van der Waals surface area contributed by atoms with Crippen molar-refractivity contribution in [2.45, 2.75) is 51.6 Å². The molecule has 1 aliphatic heterocycles. The molecular weight excluding hydrogens is 351 g/mol. The highest BCUT2D eigenvalue weighted by Gasteiger charge is 2.34. The highest BCUT2D eigenvalue weighted by atomic mass is 19.1. The highest BCUT2D eigenvalue weighted by molar-refractivity contribution is 5.66. The third kappa shape index (κ3) is 5.99. The Bertz CT molecular complexity index is 625. The fraction of sp³-hybridized carbons (Fsp3) is 0.650. The summed E-state index contributed by atoms with van der Waals surface area (Å²) < 4.78 is 24.2. The molecule has 1 heterocycles. The first kappa shape index (κ1) is 21.3. The topological polar surface area (TPSA) is 62.2 Å². The first-order chi connectivity index (χ1) is 12.7. The molecule has 2 rings (SSSR count). The van der Waals surface area contributed by atoms with Crippen LogP contribution in [0.3, 0.4) is 0 Å². The van der Waals surface area contributed by atoms with E-state index in [1.165, 1.54) is 19.2 Å². The van der Waals surface area contributed by atoms with Gasteiger partial charge in [0.05, 0.1) is 13.7 Å². The van der Waals surface area contributed by atoms with E-state index in [0.29, 0.717) is 18.1 Å². The molecule has 0 aromatic heterocycles. The minimum atomic E-state index is -0.849. The van der Waals surface area contributed by atoms with Crippen LogP contribution in [0.4, 0.5) is 9.18 Å². The van der Waals surface area contributed by atoms with E-state index in [9.17, 15) is 14.3 Å². The van der Waals surface area contributed by atoms with Gasteiger partial charge >= 0.3 is 6.09 Å². The molecule has 152 valence electrons. The summed E-state index contributed by atoms with van der Waals surface area (Å²) in [5.74, 6) is 0.585. The summed E-state index contributed by atoms with van der Waals surface area (Å²) in [7, 11) is 1.53. The summed E-state index contributed by atoms with van der Waals surface area (Å²) >= 11 is 0. The van der Waals surface area contributed by atoms with Crippen LogP contribution >= 0.6 is 0 Å². The fourth-order valence-corrected chi connectivity index (χ4v) is 3.63. The lowest BCUT2D eigenvalue weighted by atomic mass is 9.97. The lowest BCUT2D eigenvalue weighted by molar-refractivity contribution is 0.0415. The van der Waals surface area contributed by atoms with Crippen molar-refractivity contribution in [1.29, 1.82) is 0 Å². The Hall–Kier alpha value is -2.02. The number of likely N-dealkylation sites (tertiary alicyclic amines) is 1. The molecule has 1 N–H and O–H groups in total. The second-order valence-corrected chi connectivity index (χ2v) is 7.89. The maximum absolute atomic E-state index is 13.3. The lowest BCUT2D eigenvalue weighted by Gasteiger charge is -2.43. The van der Waals surface area contributed by atoms with Gasteiger partial charge in [0.15, 0.2) is 11.5 Å². The molecule has 0 atom stereocenters. The number of rotatable bonds is 7. The van der Waals surface area contributed by atoms with E-state index < -0.39 is 11.6 Å². The van der Waals surface area contributed by atoms with Crippen LogP contribution in [0.5, 0.6) is 11.5 Å². The van der Waals surface area contributed by atoms with Crippen molar-refractivity contribution in [1.82, 2.24) is 9.80 Å².